The average Bonchev–Trinajstić information content (AvgIpc) is 3.51. The van der Waals surface area contributed by atoms with E-state index in [4.69, 9.17) is 16.3 Å². The molecule has 0 aromatic heterocycles. The molecule has 0 spiro atoms. The molecule has 38 heavy (non-hydrogen) atoms. The molecule has 1 heterocycles. The topological polar surface area (TPSA) is 120 Å². The number of alkyl carbamates (subject to hydrolysis) is 1. The van der Waals surface area contributed by atoms with Crippen LogP contribution in [0.5, 0.6) is 0 Å². The van der Waals surface area contributed by atoms with E-state index in [0.717, 1.165) is 56.9 Å². The number of carbonyl (C=O) groups excluding carboxylic acids is 3. The standard InChI is InChI=1S/C29H39ClN4O4/c30-23-10-4-8-20(15-23)14-21-9-5-11-26(21)38-29(37)34-25(16-19-6-2-1-3-7-19)28(36)33-24(18-31)17-22-12-13-32-27(22)35/h4,8,10,15,19,21-22,24-26H,1-3,5-7,9,11-14,16-17H2,(H,32,35)(H,33,36)(H,34,37)/t21?,22-,24-,25-,26?/m0/s1. The molecule has 4 rings (SSSR count). The van der Waals surface area contributed by atoms with Gasteiger partial charge in [-0.2, -0.15) is 5.26 Å². The molecule has 0 bridgehead atoms. The lowest BCUT2D eigenvalue weighted by Gasteiger charge is -2.28. The monoisotopic (exact) mass is 542 g/mol. The van der Waals surface area contributed by atoms with E-state index in [0.29, 0.717) is 30.3 Å². The maximum Gasteiger partial charge on any atom is 0.408 e. The number of benzene rings is 1. The largest absolute Gasteiger partial charge is 0.446 e. The second kappa shape index (κ2) is 13.8. The molecule has 3 aliphatic rings. The van der Waals surface area contributed by atoms with Gasteiger partial charge in [0, 0.05) is 23.4 Å². The molecule has 9 heteroatoms. The summed E-state index contributed by atoms with van der Waals surface area (Å²) >= 11 is 6.15. The zero-order valence-corrected chi connectivity index (χ0v) is 22.7. The van der Waals surface area contributed by atoms with Crippen molar-refractivity contribution in [2.75, 3.05) is 6.54 Å². The highest BCUT2D eigenvalue weighted by Crippen LogP contribution is 2.32. The summed E-state index contributed by atoms with van der Waals surface area (Å²) in [5.74, 6) is -0.218. The summed E-state index contributed by atoms with van der Waals surface area (Å²) in [7, 11) is 0. The number of amides is 3. The molecule has 206 valence electrons. The number of hydrogen-bond acceptors (Lipinski definition) is 5. The quantitative estimate of drug-likeness (QED) is 0.397. The van der Waals surface area contributed by atoms with Gasteiger partial charge >= 0.3 is 6.09 Å². The smallest absolute Gasteiger partial charge is 0.408 e. The van der Waals surface area contributed by atoms with E-state index in [1.807, 2.05) is 24.3 Å². The second-order valence-electron chi connectivity index (χ2n) is 11.1. The average molecular weight is 543 g/mol. The predicted octanol–water partition coefficient (Wildman–Crippen LogP) is 4.65. The molecule has 2 unspecified atom stereocenters. The minimum Gasteiger partial charge on any atom is -0.446 e. The van der Waals surface area contributed by atoms with Crippen molar-refractivity contribution in [2.45, 2.75) is 95.2 Å². The van der Waals surface area contributed by atoms with Gasteiger partial charge in [0.25, 0.3) is 0 Å². The van der Waals surface area contributed by atoms with Gasteiger partial charge in [-0.05, 0) is 68.6 Å². The Kier molecular flexibility index (Phi) is 10.3. The van der Waals surface area contributed by atoms with Crippen LogP contribution >= 0.6 is 11.6 Å². The predicted molar refractivity (Wildman–Crippen MR) is 144 cm³/mol. The number of nitrogens with zero attached hydrogens (tertiary/aromatic N) is 1. The van der Waals surface area contributed by atoms with Crippen LogP contribution in [0.15, 0.2) is 24.3 Å². The molecular weight excluding hydrogens is 504 g/mol. The third-order valence-corrected chi connectivity index (χ3v) is 8.53. The Hall–Kier alpha value is -2.79. The van der Waals surface area contributed by atoms with Crippen molar-refractivity contribution in [3.63, 3.8) is 0 Å². The van der Waals surface area contributed by atoms with E-state index >= 15 is 0 Å². The van der Waals surface area contributed by atoms with Crippen molar-refractivity contribution in [1.29, 1.82) is 5.26 Å². The van der Waals surface area contributed by atoms with E-state index in [1.165, 1.54) is 6.42 Å². The molecule has 0 radical (unpaired) electrons. The Labute approximate surface area is 230 Å². The molecular formula is C29H39ClN4O4. The highest BCUT2D eigenvalue weighted by molar-refractivity contribution is 6.30. The van der Waals surface area contributed by atoms with Crippen LogP contribution < -0.4 is 16.0 Å². The number of ether oxygens (including phenoxy) is 1. The minimum atomic E-state index is -0.792. The maximum absolute atomic E-state index is 13.3. The van der Waals surface area contributed by atoms with Gasteiger partial charge in [0.1, 0.15) is 18.2 Å². The molecule has 3 amide bonds. The summed E-state index contributed by atoms with van der Waals surface area (Å²) < 4.78 is 5.87. The molecule has 1 aromatic carbocycles. The Balaban J connectivity index is 1.36. The van der Waals surface area contributed by atoms with Crippen molar-refractivity contribution in [3.8, 4) is 6.07 Å². The zero-order valence-electron chi connectivity index (χ0n) is 21.9. The summed E-state index contributed by atoms with van der Waals surface area (Å²) in [5.41, 5.74) is 1.12. The van der Waals surface area contributed by atoms with Gasteiger partial charge in [0.2, 0.25) is 11.8 Å². The Morgan fingerprint density at radius 3 is 2.61 bits per heavy atom. The first kappa shape index (κ1) is 28.2. The molecule has 3 N–H and O–H groups in total. The van der Waals surface area contributed by atoms with E-state index in [9.17, 15) is 19.6 Å². The van der Waals surface area contributed by atoms with Crippen molar-refractivity contribution in [3.05, 3.63) is 34.9 Å². The second-order valence-corrected chi connectivity index (χ2v) is 11.5. The van der Waals surface area contributed by atoms with Crippen molar-refractivity contribution in [1.82, 2.24) is 16.0 Å². The number of nitriles is 1. The van der Waals surface area contributed by atoms with Crippen molar-refractivity contribution in [2.24, 2.45) is 17.8 Å². The van der Waals surface area contributed by atoms with E-state index in [-0.39, 0.29) is 36.2 Å². The number of carbonyl (C=O) groups is 3. The SMILES string of the molecule is N#C[C@H](C[C@@H]1CCNC1=O)NC(=O)[C@H](CC1CCCCC1)NC(=O)OC1CCCC1Cc1cccc(Cl)c1. The Bertz CT molecular complexity index is 1020. The van der Waals surface area contributed by atoms with Gasteiger partial charge < -0.3 is 20.7 Å². The molecule has 1 aromatic rings. The first-order valence-electron chi connectivity index (χ1n) is 14.1. The van der Waals surface area contributed by atoms with Crippen LogP contribution in [0.25, 0.3) is 0 Å². The van der Waals surface area contributed by atoms with Crippen LogP contribution in [0.3, 0.4) is 0 Å². The summed E-state index contributed by atoms with van der Waals surface area (Å²) in [6, 6.07) is 8.30. The molecule has 2 aliphatic carbocycles. The lowest BCUT2D eigenvalue weighted by Crippen LogP contribution is -2.51. The Morgan fingerprint density at radius 2 is 1.89 bits per heavy atom. The zero-order chi connectivity index (χ0) is 26.9. The lowest BCUT2D eigenvalue weighted by molar-refractivity contribution is -0.125. The number of halogens is 1. The van der Waals surface area contributed by atoms with Gasteiger partial charge in [0.05, 0.1) is 6.07 Å². The van der Waals surface area contributed by atoms with Crippen LogP contribution in [-0.2, 0) is 20.7 Å². The van der Waals surface area contributed by atoms with E-state index in [2.05, 4.69) is 22.0 Å². The molecule has 1 aliphatic heterocycles. The number of rotatable bonds is 10. The maximum atomic E-state index is 13.3. The van der Waals surface area contributed by atoms with Gasteiger partial charge in [-0.25, -0.2) is 4.79 Å². The fourth-order valence-electron chi connectivity index (χ4n) is 6.23. The van der Waals surface area contributed by atoms with Crippen molar-refractivity contribution < 1.29 is 19.1 Å². The lowest BCUT2D eigenvalue weighted by atomic mass is 9.84. The molecule has 8 nitrogen and oxygen atoms in total. The third-order valence-electron chi connectivity index (χ3n) is 8.29. The van der Waals surface area contributed by atoms with Gasteiger partial charge in [-0.3, -0.25) is 9.59 Å². The normalized spacial score (nSPS) is 25.2. The van der Waals surface area contributed by atoms with E-state index in [1.54, 1.807) is 0 Å². The van der Waals surface area contributed by atoms with E-state index < -0.39 is 18.2 Å². The highest BCUT2D eigenvalue weighted by Gasteiger charge is 2.34. The van der Waals surface area contributed by atoms with Gasteiger partial charge in [-0.1, -0.05) is 55.8 Å². The van der Waals surface area contributed by atoms with Gasteiger partial charge in [0.15, 0.2) is 0 Å². The van der Waals surface area contributed by atoms with Crippen molar-refractivity contribution >= 4 is 29.5 Å². The molecule has 2 saturated carbocycles. The van der Waals surface area contributed by atoms with Crippen LogP contribution in [0.2, 0.25) is 5.02 Å². The van der Waals surface area contributed by atoms with Crippen LogP contribution in [0.1, 0.15) is 76.2 Å². The number of hydrogen-bond donors (Lipinski definition) is 3. The highest BCUT2D eigenvalue weighted by atomic mass is 35.5. The summed E-state index contributed by atoms with van der Waals surface area (Å²) in [4.78, 5) is 38.3. The third kappa shape index (κ3) is 8.10. The first-order chi connectivity index (χ1) is 18.4. The molecule has 5 atom stereocenters. The summed E-state index contributed by atoms with van der Waals surface area (Å²) in [6.45, 7) is 0.590. The first-order valence-corrected chi connectivity index (χ1v) is 14.5. The van der Waals surface area contributed by atoms with Gasteiger partial charge in [-0.15, -0.1) is 0 Å². The summed E-state index contributed by atoms with van der Waals surface area (Å²) in [6.07, 6.45) is 9.62. The van der Waals surface area contributed by atoms with Crippen LogP contribution in [-0.4, -0.2) is 42.6 Å². The summed E-state index contributed by atoms with van der Waals surface area (Å²) in [5, 5.41) is 18.7. The Morgan fingerprint density at radius 1 is 1.08 bits per heavy atom. The minimum absolute atomic E-state index is 0.0798. The fourth-order valence-corrected chi connectivity index (χ4v) is 6.44. The molecule has 3 fully saturated rings. The van der Waals surface area contributed by atoms with Crippen LogP contribution in [0.4, 0.5) is 4.79 Å². The molecule has 1 saturated heterocycles. The van der Waals surface area contributed by atoms with Crippen LogP contribution in [0, 0.1) is 29.1 Å². The fraction of sp³-hybridized carbons (Fsp3) is 0.655. The number of nitrogens with one attached hydrogen (secondary N) is 3.